The van der Waals surface area contributed by atoms with Gasteiger partial charge in [0.05, 0.1) is 11.0 Å². The second-order valence-electron chi connectivity index (χ2n) is 6.11. The van der Waals surface area contributed by atoms with E-state index in [1.54, 1.807) is 38.1 Å². The fourth-order valence-corrected chi connectivity index (χ4v) is 3.69. The quantitative estimate of drug-likeness (QED) is 0.711. The van der Waals surface area contributed by atoms with E-state index < -0.39 is 16.0 Å². The van der Waals surface area contributed by atoms with Crippen LogP contribution >= 0.6 is 0 Å². The molecule has 0 aliphatic heterocycles. The summed E-state index contributed by atoms with van der Waals surface area (Å²) >= 11 is 0. The molecule has 2 aromatic rings. The van der Waals surface area contributed by atoms with E-state index in [2.05, 4.69) is 0 Å². The van der Waals surface area contributed by atoms with Gasteiger partial charge in [0.1, 0.15) is 6.54 Å². The monoisotopic (exact) mass is 361 g/mol. The molecule has 2 rings (SSSR count). The van der Waals surface area contributed by atoms with Gasteiger partial charge in [-0.05, 0) is 38.5 Å². The summed E-state index contributed by atoms with van der Waals surface area (Å²) < 4.78 is 32.2. The number of sulfonamides is 1. The summed E-state index contributed by atoms with van der Waals surface area (Å²) in [6.45, 7) is 5.12. The molecule has 5 nitrogen and oxygen atoms in total. The summed E-state index contributed by atoms with van der Waals surface area (Å²) in [6, 6.07) is 15.7. The van der Waals surface area contributed by atoms with E-state index in [0.29, 0.717) is 0 Å². The van der Waals surface area contributed by atoms with E-state index in [4.69, 9.17) is 4.74 Å². The van der Waals surface area contributed by atoms with Crippen molar-refractivity contribution in [2.24, 2.45) is 0 Å². The largest absolute Gasteiger partial charge is 0.462 e. The predicted molar refractivity (Wildman–Crippen MR) is 96.4 cm³/mol. The topological polar surface area (TPSA) is 63.7 Å². The zero-order valence-corrected chi connectivity index (χ0v) is 15.5. The Bertz CT molecular complexity index is 799. The summed E-state index contributed by atoms with van der Waals surface area (Å²) in [7, 11) is -3.81. The Labute approximate surface area is 149 Å². The minimum Gasteiger partial charge on any atom is -0.462 e. The highest BCUT2D eigenvalue weighted by molar-refractivity contribution is 7.89. The summed E-state index contributed by atoms with van der Waals surface area (Å²) in [5.74, 6) is -0.568. The number of ether oxygens (including phenoxy) is 1. The maximum Gasteiger partial charge on any atom is 0.321 e. The molecule has 0 bridgehead atoms. The molecular weight excluding hydrogens is 338 g/mol. The van der Waals surface area contributed by atoms with Crippen molar-refractivity contribution in [3.63, 3.8) is 0 Å². The average molecular weight is 361 g/mol. The smallest absolute Gasteiger partial charge is 0.321 e. The lowest BCUT2D eigenvalue weighted by atomic mass is 10.2. The first-order chi connectivity index (χ1) is 11.8. The minimum absolute atomic E-state index is 0.101. The van der Waals surface area contributed by atoms with Gasteiger partial charge in [-0.25, -0.2) is 8.42 Å². The SMILES string of the molecule is Cc1ccc(S(=O)(=O)N(CC(=O)OC(C)C)Cc2ccccc2)cc1. The molecule has 0 fully saturated rings. The summed E-state index contributed by atoms with van der Waals surface area (Å²) in [6.07, 6.45) is -0.298. The number of hydrogen-bond donors (Lipinski definition) is 0. The van der Waals surface area contributed by atoms with Crippen molar-refractivity contribution < 1.29 is 17.9 Å². The van der Waals surface area contributed by atoms with Crippen LogP contribution in [-0.2, 0) is 26.1 Å². The molecule has 0 atom stereocenters. The van der Waals surface area contributed by atoms with Crippen LogP contribution in [-0.4, -0.2) is 31.3 Å². The third kappa shape index (κ3) is 5.41. The van der Waals surface area contributed by atoms with E-state index in [0.717, 1.165) is 15.4 Å². The third-order valence-electron chi connectivity index (χ3n) is 3.53. The number of benzene rings is 2. The second kappa shape index (κ2) is 8.27. The highest BCUT2D eigenvalue weighted by Gasteiger charge is 2.27. The Morgan fingerprint density at radius 2 is 1.64 bits per heavy atom. The molecule has 0 aliphatic carbocycles. The van der Waals surface area contributed by atoms with Gasteiger partial charge in [0, 0.05) is 6.54 Å². The lowest BCUT2D eigenvalue weighted by Crippen LogP contribution is -2.36. The molecule has 0 saturated carbocycles. The number of rotatable bonds is 7. The zero-order chi connectivity index (χ0) is 18.4. The normalized spacial score (nSPS) is 11.7. The minimum atomic E-state index is -3.81. The molecule has 0 N–H and O–H groups in total. The van der Waals surface area contributed by atoms with Crippen molar-refractivity contribution in [1.82, 2.24) is 4.31 Å². The molecule has 0 amide bonds. The van der Waals surface area contributed by atoms with Crippen molar-refractivity contribution in [2.45, 2.75) is 38.3 Å². The molecule has 0 aliphatic rings. The number of esters is 1. The van der Waals surface area contributed by atoms with Crippen LogP contribution in [0.1, 0.15) is 25.0 Å². The van der Waals surface area contributed by atoms with Crippen LogP contribution in [0.15, 0.2) is 59.5 Å². The molecule has 0 spiro atoms. The van der Waals surface area contributed by atoms with Gasteiger partial charge >= 0.3 is 5.97 Å². The highest BCUT2D eigenvalue weighted by atomic mass is 32.2. The van der Waals surface area contributed by atoms with E-state index in [1.165, 1.54) is 0 Å². The summed E-state index contributed by atoms with van der Waals surface area (Å²) in [5, 5.41) is 0. The first kappa shape index (κ1) is 19.1. The number of aryl methyl sites for hydroxylation is 1. The van der Waals surface area contributed by atoms with E-state index in [9.17, 15) is 13.2 Å². The van der Waals surface area contributed by atoms with Crippen molar-refractivity contribution in [3.05, 3.63) is 65.7 Å². The highest BCUT2D eigenvalue weighted by Crippen LogP contribution is 2.19. The van der Waals surface area contributed by atoms with Gasteiger partial charge in [0.25, 0.3) is 0 Å². The van der Waals surface area contributed by atoms with Crippen LogP contribution in [0.3, 0.4) is 0 Å². The first-order valence-electron chi connectivity index (χ1n) is 8.09. The Morgan fingerprint density at radius 3 is 2.20 bits per heavy atom. The van der Waals surface area contributed by atoms with Gasteiger partial charge in [0.15, 0.2) is 0 Å². The molecule has 0 aromatic heterocycles. The molecule has 0 unspecified atom stereocenters. The molecule has 25 heavy (non-hydrogen) atoms. The van der Waals surface area contributed by atoms with E-state index in [-0.39, 0.29) is 24.1 Å². The molecule has 0 radical (unpaired) electrons. The van der Waals surface area contributed by atoms with Crippen LogP contribution in [0.5, 0.6) is 0 Å². The molecule has 134 valence electrons. The number of carbonyl (C=O) groups is 1. The Kier molecular flexibility index (Phi) is 6.33. The summed E-state index contributed by atoms with van der Waals surface area (Å²) in [4.78, 5) is 12.2. The second-order valence-corrected chi connectivity index (χ2v) is 8.05. The van der Waals surface area contributed by atoms with Gasteiger partial charge < -0.3 is 4.74 Å². The molecular formula is C19H23NO4S. The average Bonchev–Trinajstić information content (AvgIpc) is 2.55. The maximum absolute atomic E-state index is 13.0. The van der Waals surface area contributed by atoms with Crippen LogP contribution in [0.4, 0.5) is 0 Å². The predicted octanol–water partition coefficient (Wildman–Crippen LogP) is 3.14. The van der Waals surface area contributed by atoms with Gasteiger partial charge in [-0.1, -0.05) is 48.0 Å². The molecule has 2 aromatic carbocycles. The molecule has 0 heterocycles. The van der Waals surface area contributed by atoms with Crippen LogP contribution < -0.4 is 0 Å². The van der Waals surface area contributed by atoms with Crippen molar-refractivity contribution >= 4 is 16.0 Å². The van der Waals surface area contributed by atoms with E-state index >= 15 is 0 Å². The maximum atomic E-state index is 13.0. The fourth-order valence-electron chi connectivity index (χ4n) is 2.32. The number of hydrogen-bond acceptors (Lipinski definition) is 4. The van der Waals surface area contributed by atoms with Crippen molar-refractivity contribution in [2.75, 3.05) is 6.54 Å². The van der Waals surface area contributed by atoms with Crippen LogP contribution in [0, 0.1) is 6.92 Å². The number of carbonyl (C=O) groups excluding carboxylic acids is 1. The van der Waals surface area contributed by atoms with Crippen molar-refractivity contribution in [3.8, 4) is 0 Å². The van der Waals surface area contributed by atoms with Crippen molar-refractivity contribution in [1.29, 1.82) is 0 Å². The Morgan fingerprint density at radius 1 is 1.04 bits per heavy atom. The molecule has 0 saturated heterocycles. The standard InChI is InChI=1S/C19H23NO4S/c1-15(2)24-19(21)14-20(13-17-7-5-4-6-8-17)25(22,23)18-11-9-16(3)10-12-18/h4-12,15H,13-14H2,1-3H3. The fraction of sp³-hybridized carbons (Fsp3) is 0.316. The van der Waals surface area contributed by atoms with Gasteiger partial charge in [-0.15, -0.1) is 0 Å². The van der Waals surface area contributed by atoms with Gasteiger partial charge in [-0.3, -0.25) is 4.79 Å². The third-order valence-corrected chi connectivity index (χ3v) is 5.34. The first-order valence-corrected chi connectivity index (χ1v) is 9.53. The zero-order valence-electron chi connectivity index (χ0n) is 14.7. The lowest BCUT2D eigenvalue weighted by molar-refractivity contribution is -0.147. The molecule has 6 heteroatoms. The lowest BCUT2D eigenvalue weighted by Gasteiger charge is -2.22. The van der Waals surface area contributed by atoms with Crippen LogP contribution in [0.25, 0.3) is 0 Å². The number of nitrogens with zero attached hydrogens (tertiary/aromatic N) is 1. The summed E-state index contributed by atoms with van der Waals surface area (Å²) in [5.41, 5.74) is 1.77. The van der Waals surface area contributed by atoms with Gasteiger partial charge in [0.2, 0.25) is 10.0 Å². The Hall–Kier alpha value is -2.18. The van der Waals surface area contributed by atoms with Gasteiger partial charge in [-0.2, -0.15) is 4.31 Å². The van der Waals surface area contributed by atoms with E-state index in [1.807, 2.05) is 37.3 Å². The Balaban J connectivity index is 2.32. The van der Waals surface area contributed by atoms with Crippen LogP contribution in [0.2, 0.25) is 0 Å².